The van der Waals surface area contributed by atoms with Gasteiger partial charge < -0.3 is 0 Å². The zero-order chi connectivity index (χ0) is 10.0. The van der Waals surface area contributed by atoms with E-state index in [1.54, 1.807) is 0 Å². The maximum absolute atomic E-state index is 11.3. The molecule has 0 N–H and O–H groups in total. The van der Waals surface area contributed by atoms with Crippen molar-refractivity contribution in [1.29, 1.82) is 0 Å². The van der Waals surface area contributed by atoms with Gasteiger partial charge in [-0.3, -0.25) is 9.59 Å². The van der Waals surface area contributed by atoms with Crippen molar-refractivity contribution >= 4 is 22.9 Å². The van der Waals surface area contributed by atoms with Crippen LogP contribution in [0.5, 0.6) is 0 Å². The Morgan fingerprint density at radius 1 is 1.38 bits per heavy atom. The molecule has 0 fully saturated rings. The molecule has 0 unspecified atom stereocenters. The molecule has 0 aliphatic heterocycles. The van der Waals surface area contributed by atoms with Gasteiger partial charge in [-0.15, -0.1) is 11.3 Å². The highest BCUT2D eigenvalue weighted by Crippen LogP contribution is 2.17. The Morgan fingerprint density at radius 2 is 2.00 bits per heavy atom. The summed E-state index contributed by atoms with van der Waals surface area (Å²) in [6.45, 7) is 5.18. The van der Waals surface area contributed by atoms with E-state index in [4.69, 9.17) is 0 Å². The fourth-order valence-electron chi connectivity index (χ4n) is 0.894. The van der Waals surface area contributed by atoms with E-state index in [0.717, 1.165) is 10.6 Å². The molecule has 0 aliphatic carbocycles. The number of hydrogen-bond donors (Lipinski definition) is 0. The minimum Gasteiger partial charge on any atom is -0.300 e. The summed E-state index contributed by atoms with van der Waals surface area (Å²) >= 11 is 1.35. The zero-order valence-corrected chi connectivity index (χ0v) is 8.70. The van der Waals surface area contributed by atoms with E-state index >= 15 is 0 Å². The molecule has 4 heteroatoms. The highest BCUT2D eigenvalue weighted by atomic mass is 32.1. The minimum atomic E-state index is -0.173. The zero-order valence-electron chi connectivity index (χ0n) is 7.88. The van der Waals surface area contributed by atoms with Gasteiger partial charge in [0.2, 0.25) is 0 Å². The number of hydrogen-bond acceptors (Lipinski definition) is 4. The molecule has 1 aromatic rings. The number of aryl methyl sites for hydroxylation is 2. The van der Waals surface area contributed by atoms with Crippen molar-refractivity contribution in [3.63, 3.8) is 0 Å². The quantitative estimate of drug-likeness (QED) is 0.549. The molecular formula is C9H11NO2S. The molecule has 0 aliphatic rings. The Bertz CT molecular complexity index is 335. The molecule has 13 heavy (non-hydrogen) atoms. The lowest BCUT2D eigenvalue weighted by Crippen LogP contribution is -2.04. The molecule has 1 rings (SSSR count). The van der Waals surface area contributed by atoms with Gasteiger partial charge in [-0.25, -0.2) is 4.98 Å². The number of rotatable bonds is 3. The van der Waals surface area contributed by atoms with Crippen molar-refractivity contribution in [1.82, 2.24) is 4.98 Å². The van der Waals surface area contributed by atoms with Crippen LogP contribution in [0.4, 0.5) is 0 Å². The summed E-state index contributed by atoms with van der Waals surface area (Å²) in [6, 6.07) is 0. The van der Waals surface area contributed by atoms with E-state index in [9.17, 15) is 9.59 Å². The summed E-state index contributed by atoms with van der Waals surface area (Å²) in [7, 11) is 0. The van der Waals surface area contributed by atoms with Crippen molar-refractivity contribution in [2.45, 2.75) is 27.2 Å². The molecule has 70 valence electrons. The van der Waals surface area contributed by atoms with Gasteiger partial charge in [0.15, 0.2) is 10.8 Å². The van der Waals surface area contributed by atoms with Gasteiger partial charge >= 0.3 is 0 Å². The normalized spacial score (nSPS) is 10.1. The van der Waals surface area contributed by atoms with Crippen LogP contribution in [0, 0.1) is 13.8 Å². The van der Waals surface area contributed by atoms with Crippen LogP contribution in [0.1, 0.15) is 33.7 Å². The van der Waals surface area contributed by atoms with Gasteiger partial charge in [-0.05, 0) is 20.8 Å². The number of carbonyl (C=O) groups excluding carboxylic acids is 2. The fourth-order valence-corrected chi connectivity index (χ4v) is 1.75. The summed E-state index contributed by atoms with van der Waals surface area (Å²) in [5.74, 6) is -0.288. The van der Waals surface area contributed by atoms with Crippen LogP contribution in [-0.4, -0.2) is 16.6 Å². The predicted molar refractivity (Wildman–Crippen MR) is 51.2 cm³/mol. The van der Waals surface area contributed by atoms with Crippen molar-refractivity contribution in [2.24, 2.45) is 0 Å². The van der Waals surface area contributed by atoms with Gasteiger partial charge in [0.05, 0.1) is 12.1 Å². The third kappa shape index (κ3) is 2.45. The third-order valence-electron chi connectivity index (χ3n) is 1.68. The van der Waals surface area contributed by atoms with E-state index in [1.165, 1.54) is 18.3 Å². The number of aromatic nitrogens is 1. The number of thiazole rings is 1. The Morgan fingerprint density at radius 3 is 2.38 bits per heavy atom. The van der Waals surface area contributed by atoms with Crippen LogP contribution in [0.3, 0.4) is 0 Å². The highest BCUT2D eigenvalue weighted by molar-refractivity contribution is 7.13. The van der Waals surface area contributed by atoms with Crippen LogP contribution in [0.15, 0.2) is 0 Å². The summed E-state index contributed by atoms with van der Waals surface area (Å²) in [5.41, 5.74) is 0.872. The van der Waals surface area contributed by atoms with E-state index in [0.29, 0.717) is 5.01 Å². The molecule has 3 nitrogen and oxygen atoms in total. The lowest BCUT2D eigenvalue weighted by molar-refractivity contribution is -0.116. The third-order valence-corrected chi connectivity index (χ3v) is 2.79. The lowest BCUT2D eigenvalue weighted by atomic mass is 10.2. The largest absolute Gasteiger partial charge is 0.300 e. The van der Waals surface area contributed by atoms with Crippen LogP contribution >= 0.6 is 11.3 Å². The van der Waals surface area contributed by atoms with Gasteiger partial charge in [0.1, 0.15) is 5.78 Å². The van der Waals surface area contributed by atoms with E-state index in [-0.39, 0.29) is 18.0 Å². The maximum Gasteiger partial charge on any atom is 0.198 e. The first-order valence-electron chi connectivity index (χ1n) is 3.97. The van der Waals surface area contributed by atoms with Crippen molar-refractivity contribution in [3.05, 3.63) is 15.6 Å². The Kier molecular flexibility index (Phi) is 2.93. The molecular weight excluding hydrogens is 186 g/mol. The number of nitrogens with zero attached hydrogens (tertiary/aromatic N) is 1. The van der Waals surface area contributed by atoms with E-state index in [2.05, 4.69) is 4.98 Å². The predicted octanol–water partition coefficient (Wildman–Crippen LogP) is 1.92. The van der Waals surface area contributed by atoms with Crippen LogP contribution in [0.2, 0.25) is 0 Å². The first-order valence-corrected chi connectivity index (χ1v) is 4.79. The molecule has 0 saturated carbocycles. The average Bonchev–Trinajstić information content (AvgIpc) is 2.31. The summed E-state index contributed by atoms with van der Waals surface area (Å²) in [4.78, 5) is 27.1. The second-order valence-corrected chi connectivity index (χ2v) is 4.17. The topological polar surface area (TPSA) is 47.0 Å². The molecule has 0 saturated heterocycles. The standard InChI is InChI=1S/C9H11NO2S/c1-5(11)4-8(12)9-10-6(2)7(3)13-9/h4H2,1-3H3. The summed E-state index contributed by atoms with van der Waals surface area (Å²) in [5, 5.41) is 0.449. The van der Waals surface area contributed by atoms with E-state index < -0.39 is 0 Å². The smallest absolute Gasteiger partial charge is 0.198 e. The van der Waals surface area contributed by atoms with Gasteiger partial charge in [-0.2, -0.15) is 0 Å². The monoisotopic (exact) mass is 197 g/mol. The first-order chi connectivity index (χ1) is 6.00. The Hall–Kier alpha value is -1.03. The molecule has 0 atom stereocenters. The van der Waals surface area contributed by atoms with Crippen molar-refractivity contribution in [3.8, 4) is 0 Å². The SMILES string of the molecule is CC(=O)CC(=O)c1nc(C)c(C)s1. The summed E-state index contributed by atoms with van der Waals surface area (Å²) in [6.07, 6.45) is -0.0353. The lowest BCUT2D eigenvalue weighted by Gasteiger charge is -1.90. The highest BCUT2D eigenvalue weighted by Gasteiger charge is 2.13. The van der Waals surface area contributed by atoms with Crippen molar-refractivity contribution in [2.75, 3.05) is 0 Å². The molecule has 0 aromatic carbocycles. The van der Waals surface area contributed by atoms with Crippen LogP contribution < -0.4 is 0 Å². The fraction of sp³-hybridized carbons (Fsp3) is 0.444. The molecule has 1 heterocycles. The van der Waals surface area contributed by atoms with Gasteiger partial charge in [-0.1, -0.05) is 0 Å². The molecule has 0 spiro atoms. The number of carbonyl (C=O) groups is 2. The van der Waals surface area contributed by atoms with Crippen molar-refractivity contribution < 1.29 is 9.59 Å². The molecule has 0 amide bonds. The number of Topliss-reactive ketones (excluding diaryl/α,β-unsaturated/α-hetero) is 2. The Labute approximate surface area is 80.8 Å². The van der Waals surface area contributed by atoms with Crippen LogP contribution in [0.25, 0.3) is 0 Å². The second-order valence-electron chi connectivity index (χ2n) is 2.96. The first kappa shape index (κ1) is 10.1. The van der Waals surface area contributed by atoms with Crippen LogP contribution in [-0.2, 0) is 4.79 Å². The van der Waals surface area contributed by atoms with Gasteiger partial charge in [0.25, 0.3) is 0 Å². The van der Waals surface area contributed by atoms with E-state index in [1.807, 2.05) is 13.8 Å². The molecule has 0 bridgehead atoms. The van der Waals surface area contributed by atoms with Gasteiger partial charge in [0, 0.05) is 4.88 Å². The minimum absolute atomic E-state index is 0.0353. The number of ketones is 2. The Balaban J connectivity index is 2.83. The second kappa shape index (κ2) is 3.79. The average molecular weight is 197 g/mol. The molecule has 0 radical (unpaired) electrons. The molecule has 1 aromatic heterocycles. The summed E-state index contributed by atoms with van der Waals surface area (Å²) < 4.78 is 0. The maximum atomic E-state index is 11.3.